The molecule has 1 N–H and O–H groups in total. The van der Waals surface area contributed by atoms with Crippen LogP contribution in [0.15, 0.2) is 0 Å². The van der Waals surface area contributed by atoms with Crippen LogP contribution in [0.2, 0.25) is 0 Å². The van der Waals surface area contributed by atoms with Crippen molar-refractivity contribution in [3.63, 3.8) is 0 Å². The Hall–Kier alpha value is -0.450. The third-order valence-corrected chi connectivity index (χ3v) is 5.03. The molecule has 0 aromatic carbocycles. The van der Waals surface area contributed by atoms with E-state index in [0.29, 0.717) is 0 Å². The number of thiazole rings is 1. The normalized spacial score (nSPS) is 12.1. The Balaban J connectivity index is 2.96. The first-order valence-corrected chi connectivity index (χ1v) is 8.23. The smallest absolute Gasteiger partial charge is 0.125 e. The Kier molecular flexibility index (Phi) is 6.97. The van der Waals surface area contributed by atoms with E-state index in [4.69, 9.17) is 9.72 Å². The molecule has 0 amide bonds. The van der Waals surface area contributed by atoms with E-state index < -0.39 is 0 Å². The molecule has 3 nitrogen and oxygen atoms in total. The molecule has 110 valence electrons. The van der Waals surface area contributed by atoms with Crippen molar-refractivity contribution in [3.8, 4) is 0 Å². The first-order valence-electron chi connectivity index (χ1n) is 7.42. The van der Waals surface area contributed by atoms with Crippen molar-refractivity contribution in [1.82, 2.24) is 10.3 Å². The summed E-state index contributed by atoms with van der Waals surface area (Å²) in [5.74, 6) is 0. The number of aryl methyl sites for hydroxylation is 1. The summed E-state index contributed by atoms with van der Waals surface area (Å²) < 4.78 is 5.79. The lowest BCUT2D eigenvalue weighted by Gasteiger charge is -2.27. The number of hydrogen-bond donors (Lipinski definition) is 1. The molecule has 0 aliphatic rings. The van der Waals surface area contributed by atoms with Gasteiger partial charge in [-0.05, 0) is 32.2 Å². The SMILES string of the molecule is CCCNCc1sc(C(CC)(CC)OC)nc1CC. The minimum Gasteiger partial charge on any atom is -0.371 e. The van der Waals surface area contributed by atoms with Gasteiger partial charge in [-0.3, -0.25) is 0 Å². The van der Waals surface area contributed by atoms with Crippen LogP contribution in [0.5, 0.6) is 0 Å². The molecular formula is C15H28N2OS. The summed E-state index contributed by atoms with van der Waals surface area (Å²) in [6, 6.07) is 0. The molecule has 1 aromatic rings. The van der Waals surface area contributed by atoms with Gasteiger partial charge >= 0.3 is 0 Å². The van der Waals surface area contributed by atoms with E-state index in [1.54, 1.807) is 7.11 Å². The molecule has 0 aliphatic heterocycles. The molecule has 1 rings (SSSR count). The Bertz CT molecular complexity index is 364. The third kappa shape index (κ3) is 3.77. The van der Waals surface area contributed by atoms with Gasteiger partial charge in [-0.2, -0.15) is 0 Å². The first-order chi connectivity index (χ1) is 9.17. The van der Waals surface area contributed by atoms with Crippen LogP contribution in [0.3, 0.4) is 0 Å². The lowest BCUT2D eigenvalue weighted by Crippen LogP contribution is -2.26. The van der Waals surface area contributed by atoms with Crippen molar-refractivity contribution in [1.29, 1.82) is 0 Å². The molecule has 1 heterocycles. The monoisotopic (exact) mass is 284 g/mol. The van der Waals surface area contributed by atoms with Gasteiger partial charge in [0.2, 0.25) is 0 Å². The molecule has 1 aromatic heterocycles. The van der Waals surface area contributed by atoms with E-state index in [1.165, 1.54) is 17.0 Å². The Morgan fingerprint density at radius 1 is 1.21 bits per heavy atom. The van der Waals surface area contributed by atoms with Gasteiger partial charge in [0.15, 0.2) is 0 Å². The Morgan fingerprint density at radius 2 is 1.89 bits per heavy atom. The highest BCUT2D eigenvalue weighted by molar-refractivity contribution is 7.11. The number of methoxy groups -OCH3 is 1. The summed E-state index contributed by atoms with van der Waals surface area (Å²) in [7, 11) is 1.80. The van der Waals surface area contributed by atoms with Gasteiger partial charge in [-0.25, -0.2) is 4.98 Å². The quantitative estimate of drug-likeness (QED) is 0.699. The second-order valence-corrected chi connectivity index (χ2v) is 5.91. The van der Waals surface area contributed by atoms with Crippen LogP contribution in [0.4, 0.5) is 0 Å². The predicted molar refractivity (Wildman–Crippen MR) is 82.8 cm³/mol. The fourth-order valence-electron chi connectivity index (χ4n) is 2.30. The molecule has 0 fully saturated rings. The average molecular weight is 284 g/mol. The molecule has 0 spiro atoms. The molecule has 0 unspecified atom stereocenters. The van der Waals surface area contributed by atoms with Crippen LogP contribution in [0.1, 0.15) is 62.5 Å². The molecule has 0 radical (unpaired) electrons. The van der Waals surface area contributed by atoms with Crippen LogP contribution in [-0.2, 0) is 23.3 Å². The number of rotatable bonds is 9. The van der Waals surface area contributed by atoms with Gasteiger partial charge < -0.3 is 10.1 Å². The molecular weight excluding hydrogens is 256 g/mol. The highest BCUT2D eigenvalue weighted by Gasteiger charge is 2.32. The summed E-state index contributed by atoms with van der Waals surface area (Å²) >= 11 is 1.82. The zero-order chi connectivity index (χ0) is 14.3. The maximum Gasteiger partial charge on any atom is 0.125 e. The Labute approximate surface area is 121 Å². The highest BCUT2D eigenvalue weighted by Crippen LogP contribution is 2.36. The maximum absolute atomic E-state index is 5.79. The minimum atomic E-state index is -0.197. The van der Waals surface area contributed by atoms with Gasteiger partial charge in [0.05, 0.1) is 5.69 Å². The topological polar surface area (TPSA) is 34.1 Å². The van der Waals surface area contributed by atoms with Crippen molar-refractivity contribution in [3.05, 3.63) is 15.6 Å². The number of nitrogens with zero attached hydrogens (tertiary/aromatic N) is 1. The van der Waals surface area contributed by atoms with Gasteiger partial charge in [-0.15, -0.1) is 11.3 Å². The minimum absolute atomic E-state index is 0.197. The maximum atomic E-state index is 5.79. The number of ether oxygens (including phenoxy) is 1. The summed E-state index contributed by atoms with van der Waals surface area (Å²) in [6.45, 7) is 10.7. The Morgan fingerprint density at radius 3 is 2.37 bits per heavy atom. The second kappa shape index (κ2) is 7.98. The molecule has 0 aliphatic carbocycles. The van der Waals surface area contributed by atoms with E-state index in [9.17, 15) is 0 Å². The van der Waals surface area contributed by atoms with Crippen molar-refractivity contribution < 1.29 is 4.74 Å². The van der Waals surface area contributed by atoms with Crippen LogP contribution < -0.4 is 5.32 Å². The van der Waals surface area contributed by atoms with Crippen LogP contribution in [-0.4, -0.2) is 18.6 Å². The van der Waals surface area contributed by atoms with E-state index in [1.807, 2.05) is 11.3 Å². The standard InChI is InChI=1S/C15H28N2OS/c1-6-10-16-11-13-12(7-2)17-14(19-13)15(8-3,9-4)18-5/h16H,6-11H2,1-5H3. The van der Waals surface area contributed by atoms with E-state index in [0.717, 1.165) is 37.4 Å². The predicted octanol–water partition coefficient (Wildman–Crippen LogP) is 3.87. The fourth-order valence-corrected chi connectivity index (χ4v) is 3.73. The largest absolute Gasteiger partial charge is 0.371 e. The lowest BCUT2D eigenvalue weighted by atomic mass is 9.98. The van der Waals surface area contributed by atoms with E-state index in [-0.39, 0.29) is 5.60 Å². The third-order valence-electron chi connectivity index (χ3n) is 3.75. The van der Waals surface area contributed by atoms with Crippen LogP contribution >= 0.6 is 11.3 Å². The number of aromatic nitrogens is 1. The second-order valence-electron chi connectivity index (χ2n) is 4.82. The van der Waals surface area contributed by atoms with Crippen molar-refractivity contribution in [2.45, 2.75) is 65.5 Å². The number of nitrogens with one attached hydrogen (secondary N) is 1. The highest BCUT2D eigenvalue weighted by atomic mass is 32.1. The van der Waals surface area contributed by atoms with Crippen LogP contribution in [0, 0.1) is 0 Å². The van der Waals surface area contributed by atoms with Gasteiger partial charge in [-0.1, -0.05) is 27.7 Å². The van der Waals surface area contributed by atoms with E-state index in [2.05, 4.69) is 33.0 Å². The first kappa shape index (κ1) is 16.6. The molecule has 0 atom stereocenters. The average Bonchev–Trinajstić information content (AvgIpc) is 2.86. The zero-order valence-electron chi connectivity index (χ0n) is 13.0. The summed E-state index contributed by atoms with van der Waals surface area (Å²) in [6.07, 6.45) is 4.10. The molecule has 0 saturated carbocycles. The lowest BCUT2D eigenvalue weighted by molar-refractivity contribution is -0.0219. The van der Waals surface area contributed by atoms with E-state index >= 15 is 0 Å². The van der Waals surface area contributed by atoms with Gasteiger partial charge in [0.1, 0.15) is 10.6 Å². The van der Waals surface area contributed by atoms with Crippen molar-refractivity contribution >= 4 is 11.3 Å². The fraction of sp³-hybridized carbons (Fsp3) is 0.800. The summed E-state index contributed by atoms with van der Waals surface area (Å²) in [5.41, 5.74) is 1.03. The molecule has 19 heavy (non-hydrogen) atoms. The molecule has 0 saturated heterocycles. The zero-order valence-corrected chi connectivity index (χ0v) is 13.8. The number of hydrogen-bond acceptors (Lipinski definition) is 4. The van der Waals surface area contributed by atoms with Crippen molar-refractivity contribution in [2.24, 2.45) is 0 Å². The summed E-state index contributed by atoms with van der Waals surface area (Å²) in [5, 5.41) is 4.62. The molecule has 4 heteroatoms. The van der Waals surface area contributed by atoms with Crippen LogP contribution in [0.25, 0.3) is 0 Å². The van der Waals surface area contributed by atoms with Gasteiger partial charge in [0.25, 0.3) is 0 Å². The van der Waals surface area contributed by atoms with Gasteiger partial charge in [0, 0.05) is 18.5 Å². The molecule has 0 bridgehead atoms. The van der Waals surface area contributed by atoms with Crippen molar-refractivity contribution in [2.75, 3.05) is 13.7 Å². The summed E-state index contributed by atoms with van der Waals surface area (Å²) in [4.78, 5) is 6.22.